The zero-order valence-corrected chi connectivity index (χ0v) is 12.7. The van der Waals surface area contributed by atoms with Crippen LogP contribution in [0.2, 0.25) is 5.02 Å². The number of para-hydroxylation sites is 1. The second-order valence-corrected chi connectivity index (χ2v) is 5.54. The first-order chi connectivity index (χ1) is 10.5. The summed E-state index contributed by atoms with van der Waals surface area (Å²) in [6, 6.07) is 12.0. The molecule has 0 saturated heterocycles. The van der Waals surface area contributed by atoms with Gasteiger partial charge in [-0.25, -0.2) is 4.39 Å². The number of amides is 1. The Balaban J connectivity index is 1.81. The van der Waals surface area contributed by atoms with Gasteiger partial charge in [0, 0.05) is 22.3 Å². The Labute approximate surface area is 132 Å². The summed E-state index contributed by atoms with van der Waals surface area (Å²) in [6.07, 6.45) is 0.241. The topological polar surface area (TPSA) is 44.9 Å². The smallest absolute Gasteiger partial charge is 0.228 e. The lowest BCUT2D eigenvalue weighted by atomic mass is 10.1. The number of benzene rings is 2. The van der Waals surface area contributed by atoms with E-state index in [-0.39, 0.29) is 17.4 Å². The predicted molar refractivity (Wildman–Crippen MR) is 86.8 cm³/mol. The van der Waals surface area contributed by atoms with Crippen molar-refractivity contribution in [2.75, 3.05) is 5.32 Å². The van der Waals surface area contributed by atoms with Crippen molar-refractivity contribution in [2.24, 2.45) is 0 Å². The molecule has 0 radical (unpaired) electrons. The van der Waals surface area contributed by atoms with Gasteiger partial charge in [-0.2, -0.15) is 0 Å². The van der Waals surface area contributed by atoms with Gasteiger partial charge in [-0.1, -0.05) is 29.8 Å². The van der Waals surface area contributed by atoms with Gasteiger partial charge in [-0.3, -0.25) is 4.79 Å². The molecule has 2 N–H and O–H groups in total. The van der Waals surface area contributed by atoms with Gasteiger partial charge in [0.25, 0.3) is 0 Å². The van der Waals surface area contributed by atoms with Crippen molar-refractivity contribution in [3.05, 3.63) is 64.6 Å². The number of aromatic nitrogens is 1. The summed E-state index contributed by atoms with van der Waals surface area (Å²) in [5.41, 5.74) is 3.41. The summed E-state index contributed by atoms with van der Waals surface area (Å²) >= 11 is 5.71. The normalized spacial score (nSPS) is 10.9. The molecule has 22 heavy (non-hydrogen) atoms. The fraction of sp³-hybridized carbons (Fsp3) is 0.118. The monoisotopic (exact) mass is 316 g/mol. The maximum atomic E-state index is 13.1. The summed E-state index contributed by atoms with van der Waals surface area (Å²) < 4.78 is 13.1. The highest BCUT2D eigenvalue weighted by Gasteiger charge is 2.12. The highest BCUT2D eigenvalue weighted by molar-refractivity contribution is 6.31. The summed E-state index contributed by atoms with van der Waals surface area (Å²) in [4.78, 5) is 15.5. The maximum absolute atomic E-state index is 13.1. The highest BCUT2D eigenvalue weighted by atomic mass is 35.5. The molecule has 0 saturated carbocycles. The van der Waals surface area contributed by atoms with Crippen molar-refractivity contribution < 1.29 is 9.18 Å². The van der Waals surface area contributed by atoms with Crippen LogP contribution < -0.4 is 5.32 Å². The van der Waals surface area contributed by atoms with Crippen LogP contribution >= 0.6 is 11.6 Å². The number of fused-ring (bicyclic) bond motifs is 1. The number of hydrogen-bond acceptors (Lipinski definition) is 1. The molecule has 0 aliphatic heterocycles. The van der Waals surface area contributed by atoms with E-state index in [1.54, 1.807) is 0 Å². The molecule has 1 heterocycles. The molecule has 0 aliphatic carbocycles. The summed E-state index contributed by atoms with van der Waals surface area (Å²) in [7, 11) is 0. The zero-order valence-electron chi connectivity index (χ0n) is 11.9. The molecule has 0 spiro atoms. The molecule has 0 aliphatic rings. The van der Waals surface area contributed by atoms with Crippen LogP contribution in [-0.4, -0.2) is 10.9 Å². The standard InChI is InChI=1S/C17H14ClFN2O/c1-10-13(12-4-2-3-5-16(12)20-10)9-17(22)21-11-6-7-15(19)14(18)8-11/h2-8,20H,9H2,1H3,(H,21,22). The van der Waals surface area contributed by atoms with E-state index in [0.29, 0.717) is 5.69 Å². The van der Waals surface area contributed by atoms with E-state index in [2.05, 4.69) is 10.3 Å². The van der Waals surface area contributed by atoms with Crippen LogP contribution in [0.25, 0.3) is 10.9 Å². The third-order valence-corrected chi connectivity index (χ3v) is 3.86. The molecule has 112 valence electrons. The minimum absolute atomic E-state index is 0.0129. The van der Waals surface area contributed by atoms with E-state index in [0.717, 1.165) is 22.2 Å². The molecule has 5 heteroatoms. The zero-order chi connectivity index (χ0) is 15.7. The number of aromatic amines is 1. The van der Waals surface area contributed by atoms with E-state index in [1.165, 1.54) is 18.2 Å². The SMILES string of the molecule is Cc1[nH]c2ccccc2c1CC(=O)Nc1ccc(F)c(Cl)c1. The average molecular weight is 317 g/mol. The van der Waals surface area contributed by atoms with Crippen molar-refractivity contribution in [3.63, 3.8) is 0 Å². The van der Waals surface area contributed by atoms with Crippen molar-refractivity contribution in [1.29, 1.82) is 0 Å². The van der Waals surface area contributed by atoms with Crippen LogP contribution in [0.4, 0.5) is 10.1 Å². The maximum Gasteiger partial charge on any atom is 0.228 e. The lowest BCUT2D eigenvalue weighted by Gasteiger charge is -2.06. The fourth-order valence-corrected chi connectivity index (χ4v) is 2.68. The Kier molecular flexibility index (Phi) is 3.86. The van der Waals surface area contributed by atoms with Gasteiger partial charge in [0.15, 0.2) is 0 Å². The number of carbonyl (C=O) groups is 1. The first-order valence-corrected chi connectivity index (χ1v) is 7.23. The Bertz CT molecular complexity index is 857. The van der Waals surface area contributed by atoms with Crippen LogP contribution in [0.3, 0.4) is 0 Å². The number of aryl methyl sites for hydroxylation is 1. The van der Waals surface area contributed by atoms with Gasteiger partial charge in [-0.15, -0.1) is 0 Å². The molecule has 3 rings (SSSR count). The number of H-pyrrole nitrogens is 1. The minimum Gasteiger partial charge on any atom is -0.358 e. The van der Waals surface area contributed by atoms with Crippen LogP contribution in [0.15, 0.2) is 42.5 Å². The number of anilines is 1. The van der Waals surface area contributed by atoms with Gasteiger partial charge < -0.3 is 10.3 Å². The van der Waals surface area contributed by atoms with Gasteiger partial charge in [0.05, 0.1) is 11.4 Å². The van der Waals surface area contributed by atoms with E-state index in [4.69, 9.17) is 11.6 Å². The van der Waals surface area contributed by atoms with Crippen LogP contribution in [0.5, 0.6) is 0 Å². The number of halogens is 2. The molecular formula is C17H14ClFN2O. The first-order valence-electron chi connectivity index (χ1n) is 6.85. The molecule has 2 aromatic carbocycles. The second-order valence-electron chi connectivity index (χ2n) is 5.13. The summed E-state index contributed by atoms with van der Waals surface area (Å²) in [5, 5.41) is 3.76. The number of carbonyl (C=O) groups excluding carboxylic acids is 1. The van der Waals surface area contributed by atoms with E-state index in [1.807, 2.05) is 31.2 Å². The minimum atomic E-state index is -0.507. The lowest BCUT2D eigenvalue weighted by Crippen LogP contribution is -2.14. The quantitative estimate of drug-likeness (QED) is 0.736. The Morgan fingerprint density at radius 1 is 1.27 bits per heavy atom. The van der Waals surface area contributed by atoms with Crippen LogP contribution in [0, 0.1) is 12.7 Å². The molecular weight excluding hydrogens is 303 g/mol. The Hall–Kier alpha value is -2.33. The number of hydrogen-bond donors (Lipinski definition) is 2. The van der Waals surface area contributed by atoms with Crippen molar-refractivity contribution in [1.82, 2.24) is 4.98 Å². The van der Waals surface area contributed by atoms with Crippen LogP contribution in [-0.2, 0) is 11.2 Å². The highest BCUT2D eigenvalue weighted by Crippen LogP contribution is 2.23. The van der Waals surface area contributed by atoms with Crippen molar-refractivity contribution in [3.8, 4) is 0 Å². The Morgan fingerprint density at radius 3 is 2.82 bits per heavy atom. The first kappa shape index (κ1) is 14.6. The molecule has 3 aromatic rings. The van der Waals surface area contributed by atoms with Gasteiger partial charge in [0.1, 0.15) is 5.82 Å². The van der Waals surface area contributed by atoms with Crippen molar-refractivity contribution in [2.45, 2.75) is 13.3 Å². The molecule has 0 unspecified atom stereocenters. The number of rotatable bonds is 3. The number of nitrogens with one attached hydrogen (secondary N) is 2. The molecule has 0 bridgehead atoms. The van der Waals surface area contributed by atoms with Crippen LogP contribution in [0.1, 0.15) is 11.3 Å². The second kappa shape index (κ2) is 5.81. The summed E-state index contributed by atoms with van der Waals surface area (Å²) in [6.45, 7) is 1.94. The molecule has 3 nitrogen and oxygen atoms in total. The molecule has 1 amide bonds. The molecule has 0 fully saturated rings. The predicted octanol–water partition coefficient (Wildman–Crippen LogP) is 4.45. The third kappa shape index (κ3) is 2.83. The third-order valence-electron chi connectivity index (χ3n) is 3.57. The van der Waals surface area contributed by atoms with Gasteiger partial charge in [-0.05, 0) is 36.8 Å². The van der Waals surface area contributed by atoms with Gasteiger partial charge in [0.2, 0.25) is 5.91 Å². The van der Waals surface area contributed by atoms with Crippen molar-refractivity contribution >= 4 is 34.1 Å². The fourth-order valence-electron chi connectivity index (χ4n) is 2.50. The molecule has 1 aromatic heterocycles. The van der Waals surface area contributed by atoms with E-state index < -0.39 is 5.82 Å². The summed E-state index contributed by atoms with van der Waals surface area (Å²) in [5.74, 6) is -0.678. The Morgan fingerprint density at radius 2 is 2.05 bits per heavy atom. The van der Waals surface area contributed by atoms with E-state index in [9.17, 15) is 9.18 Å². The van der Waals surface area contributed by atoms with E-state index >= 15 is 0 Å². The average Bonchev–Trinajstić information content (AvgIpc) is 2.79. The largest absolute Gasteiger partial charge is 0.358 e. The lowest BCUT2D eigenvalue weighted by molar-refractivity contribution is -0.115. The van der Waals surface area contributed by atoms with Gasteiger partial charge >= 0.3 is 0 Å². The molecule has 0 atom stereocenters.